The summed E-state index contributed by atoms with van der Waals surface area (Å²) in [4.78, 5) is 12.7. The molecule has 2 aromatic rings. The van der Waals surface area contributed by atoms with E-state index >= 15 is 0 Å². The van der Waals surface area contributed by atoms with Gasteiger partial charge in [0, 0.05) is 26.8 Å². The average molecular weight is 329 g/mol. The molecule has 0 aromatic carbocycles. The fraction of sp³-hybridized carbons (Fsp3) is 0.615. The van der Waals surface area contributed by atoms with Crippen molar-refractivity contribution >= 4 is 35.2 Å². The molecule has 0 atom stereocenters. The third-order valence-corrected chi connectivity index (χ3v) is 4.28. The summed E-state index contributed by atoms with van der Waals surface area (Å²) in [6.45, 7) is 3.33. The summed E-state index contributed by atoms with van der Waals surface area (Å²) in [5.41, 5.74) is 6.84. The monoisotopic (exact) mass is 328 g/mol. The molecule has 4 N–H and O–H groups in total. The zero-order valence-electron chi connectivity index (χ0n) is 12.7. The first-order valence-corrected chi connectivity index (χ1v) is 7.04. The molecular weight excluding hydrogens is 308 g/mol. The number of aromatic amines is 1. The standard InChI is InChI=1S/C13H20N6O2.ClH/c1-8-9-10(16-17-11(9)19(2)18-8)15-12(20)13(7-14)3-5-21-6-4-13;/h3-7,14H2,1-2H3,(H2,15,16,17,20);1H. The number of aryl methyl sites for hydroxylation is 2. The van der Waals surface area contributed by atoms with Crippen LogP contribution in [0.15, 0.2) is 0 Å². The zero-order chi connectivity index (χ0) is 15.0. The topological polar surface area (TPSA) is 111 Å². The molecule has 1 fully saturated rings. The Hall–Kier alpha value is -1.64. The van der Waals surface area contributed by atoms with Crippen molar-refractivity contribution in [2.45, 2.75) is 19.8 Å². The SMILES string of the molecule is Cc1nn(C)c2n[nH]c(NC(=O)C3(CN)CCOCC3)c12.Cl. The number of nitrogens with zero attached hydrogens (tertiary/aromatic N) is 3. The van der Waals surface area contributed by atoms with Gasteiger partial charge in [-0.15, -0.1) is 12.4 Å². The first-order valence-electron chi connectivity index (χ1n) is 7.04. The molecule has 0 radical (unpaired) electrons. The van der Waals surface area contributed by atoms with Crippen LogP contribution in [0.2, 0.25) is 0 Å². The van der Waals surface area contributed by atoms with Crippen molar-refractivity contribution in [2.75, 3.05) is 25.1 Å². The van der Waals surface area contributed by atoms with E-state index < -0.39 is 5.41 Å². The van der Waals surface area contributed by atoms with E-state index in [1.807, 2.05) is 14.0 Å². The third-order valence-electron chi connectivity index (χ3n) is 4.28. The number of aromatic nitrogens is 4. The molecule has 2 aromatic heterocycles. The summed E-state index contributed by atoms with van der Waals surface area (Å²) in [5, 5.41) is 15.1. The average Bonchev–Trinajstić information content (AvgIpc) is 3.03. The lowest BCUT2D eigenvalue weighted by Crippen LogP contribution is -2.46. The Morgan fingerprint density at radius 1 is 1.50 bits per heavy atom. The number of anilines is 1. The van der Waals surface area contributed by atoms with Crippen LogP contribution in [-0.2, 0) is 16.6 Å². The molecule has 8 nitrogen and oxygen atoms in total. The highest BCUT2D eigenvalue weighted by atomic mass is 35.5. The van der Waals surface area contributed by atoms with Gasteiger partial charge in [-0.3, -0.25) is 9.89 Å². The van der Waals surface area contributed by atoms with Crippen LogP contribution in [0, 0.1) is 12.3 Å². The van der Waals surface area contributed by atoms with Crippen LogP contribution < -0.4 is 11.1 Å². The van der Waals surface area contributed by atoms with E-state index in [2.05, 4.69) is 20.6 Å². The quantitative estimate of drug-likeness (QED) is 0.769. The second-order valence-corrected chi connectivity index (χ2v) is 5.56. The van der Waals surface area contributed by atoms with Crippen LogP contribution in [0.4, 0.5) is 5.82 Å². The number of rotatable bonds is 3. The molecule has 3 heterocycles. The van der Waals surface area contributed by atoms with Crippen LogP contribution in [0.1, 0.15) is 18.5 Å². The Morgan fingerprint density at radius 2 is 2.18 bits per heavy atom. The minimum Gasteiger partial charge on any atom is -0.381 e. The van der Waals surface area contributed by atoms with Gasteiger partial charge in [0.05, 0.1) is 16.5 Å². The number of nitrogens with one attached hydrogen (secondary N) is 2. The van der Waals surface area contributed by atoms with Crippen molar-refractivity contribution in [3.05, 3.63) is 5.69 Å². The van der Waals surface area contributed by atoms with Crippen molar-refractivity contribution in [3.63, 3.8) is 0 Å². The minimum absolute atomic E-state index is 0. The van der Waals surface area contributed by atoms with Gasteiger partial charge in [-0.05, 0) is 19.8 Å². The van der Waals surface area contributed by atoms with Crippen LogP contribution in [0.3, 0.4) is 0 Å². The molecule has 0 bridgehead atoms. The summed E-state index contributed by atoms with van der Waals surface area (Å²) in [7, 11) is 1.82. The molecule has 1 aliphatic rings. The number of ether oxygens (including phenoxy) is 1. The van der Waals surface area contributed by atoms with Gasteiger partial charge in [0.25, 0.3) is 0 Å². The summed E-state index contributed by atoms with van der Waals surface area (Å²) < 4.78 is 7.02. The first-order chi connectivity index (χ1) is 10.1. The Kier molecular flexibility index (Phi) is 4.74. The maximum atomic E-state index is 12.7. The van der Waals surface area contributed by atoms with Gasteiger partial charge < -0.3 is 15.8 Å². The number of hydrogen-bond donors (Lipinski definition) is 3. The van der Waals surface area contributed by atoms with Gasteiger partial charge in [-0.2, -0.15) is 10.2 Å². The summed E-state index contributed by atoms with van der Waals surface area (Å²) >= 11 is 0. The molecule has 22 heavy (non-hydrogen) atoms. The lowest BCUT2D eigenvalue weighted by Gasteiger charge is -2.34. The number of H-pyrrole nitrogens is 1. The van der Waals surface area contributed by atoms with Gasteiger partial charge in [-0.1, -0.05) is 0 Å². The van der Waals surface area contributed by atoms with E-state index in [0.717, 1.165) is 16.7 Å². The van der Waals surface area contributed by atoms with Crippen molar-refractivity contribution in [1.29, 1.82) is 0 Å². The summed E-state index contributed by atoms with van der Waals surface area (Å²) in [6.07, 6.45) is 1.28. The van der Waals surface area contributed by atoms with Gasteiger partial charge in [0.2, 0.25) is 5.91 Å². The zero-order valence-corrected chi connectivity index (χ0v) is 13.5. The van der Waals surface area contributed by atoms with E-state index in [1.165, 1.54) is 0 Å². The van der Waals surface area contributed by atoms with Gasteiger partial charge in [-0.25, -0.2) is 4.68 Å². The molecular formula is C13H21ClN6O2. The fourth-order valence-corrected chi connectivity index (χ4v) is 2.85. The highest BCUT2D eigenvalue weighted by Crippen LogP contribution is 2.32. The molecule has 0 saturated carbocycles. The number of fused-ring (bicyclic) bond motifs is 1. The molecule has 1 aliphatic heterocycles. The number of carbonyl (C=O) groups is 1. The van der Waals surface area contributed by atoms with Crippen LogP contribution in [0.5, 0.6) is 0 Å². The maximum Gasteiger partial charge on any atom is 0.233 e. The predicted octanol–water partition coefficient (Wildman–Crippen LogP) is 0.721. The Labute approximate surface area is 134 Å². The highest BCUT2D eigenvalue weighted by Gasteiger charge is 2.39. The third kappa shape index (κ3) is 2.57. The van der Waals surface area contributed by atoms with E-state index in [-0.39, 0.29) is 18.3 Å². The Bertz CT molecular complexity index is 673. The van der Waals surface area contributed by atoms with E-state index in [4.69, 9.17) is 10.5 Å². The van der Waals surface area contributed by atoms with Crippen LogP contribution in [-0.4, -0.2) is 45.6 Å². The largest absolute Gasteiger partial charge is 0.381 e. The highest BCUT2D eigenvalue weighted by molar-refractivity contribution is 6.02. The molecule has 122 valence electrons. The van der Waals surface area contributed by atoms with Crippen molar-refractivity contribution in [3.8, 4) is 0 Å². The lowest BCUT2D eigenvalue weighted by atomic mass is 9.79. The molecule has 9 heteroatoms. The van der Waals surface area contributed by atoms with Crippen molar-refractivity contribution in [2.24, 2.45) is 18.2 Å². The van der Waals surface area contributed by atoms with E-state index in [1.54, 1.807) is 4.68 Å². The minimum atomic E-state index is -0.564. The molecule has 3 rings (SSSR count). The first kappa shape index (κ1) is 16.7. The molecule has 0 spiro atoms. The fourth-order valence-electron chi connectivity index (χ4n) is 2.85. The summed E-state index contributed by atoms with van der Waals surface area (Å²) in [6, 6.07) is 0. The predicted molar refractivity (Wildman–Crippen MR) is 85.0 cm³/mol. The van der Waals surface area contributed by atoms with Crippen LogP contribution >= 0.6 is 12.4 Å². The van der Waals surface area contributed by atoms with Crippen LogP contribution in [0.25, 0.3) is 11.0 Å². The second-order valence-electron chi connectivity index (χ2n) is 5.56. The number of nitrogens with two attached hydrogens (primary N) is 1. The molecule has 1 amide bonds. The Morgan fingerprint density at radius 3 is 2.82 bits per heavy atom. The van der Waals surface area contributed by atoms with Crippen molar-refractivity contribution < 1.29 is 9.53 Å². The second kappa shape index (κ2) is 6.23. The normalized spacial score (nSPS) is 17.2. The molecule has 0 aliphatic carbocycles. The number of hydrogen-bond acceptors (Lipinski definition) is 5. The maximum absolute atomic E-state index is 12.7. The summed E-state index contributed by atoms with van der Waals surface area (Å²) in [5.74, 6) is 0.502. The molecule has 0 unspecified atom stereocenters. The van der Waals surface area contributed by atoms with E-state index in [9.17, 15) is 4.79 Å². The van der Waals surface area contributed by atoms with Gasteiger partial charge in [0.15, 0.2) is 5.65 Å². The van der Waals surface area contributed by atoms with Gasteiger partial charge in [0.1, 0.15) is 5.82 Å². The lowest BCUT2D eigenvalue weighted by molar-refractivity contribution is -0.130. The number of carbonyl (C=O) groups excluding carboxylic acids is 1. The number of amides is 1. The smallest absolute Gasteiger partial charge is 0.233 e. The number of halogens is 1. The van der Waals surface area contributed by atoms with Gasteiger partial charge >= 0.3 is 0 Å². The van der Waals surface area contributed by atoms with Crippen molar-refractivity contribution in [1.82, 2.24) is 20.0 Å². The molecule has 1 saturated heterocycles. The van der Waals surface area contributed by atoms with E-state index in [0.29, 0.717) is 38.4 Å². The Balaban J connectivity index is 0.00000176.